The van der Waals surface area contributed by atoms with E-state index in [2.05, 4.69) is 60.8 Å². The normalized spacial score (nSPS) is 11.5. The lowest BCUT2D eigenvalue weighted by Crippen LogP contribution is -2.24. The molecule has 0 radical (unpaired) electrons. The van der Waals surface area contributed by atoms with E-state index in [9.17, 15) is 4.79 Å². The number of carbonyl (C=O) groups excluding carboxylic acids is 1. The average molecular weight is 411 g/mol. The third kappa shape index (κ3) is 4.58. The van der Waals surface area contributed by atoms with Crippen LogP contribution in [0.2, 0.25) is 0 Å². The van der Waals surface area contributed by atoms with Gasteiger partial charge >= 0.3 is 0 Å². The first kappa shape index (κ1) is 20.6. The molecule has 0 heterocycles. The summed E-state index contributed by atoms with van der Waals surface area (Å²) < 4.78 is 5.75. The first-order valence-electron chi connectivity index (χ1n) is 10.5. The first-order chi connectivity index (χ1) is 15.0. The quantitative estimate of drug-likeness (QED) is 0.242. The number of hydrogen-bond donors (Lipinski definition) is 1. The van der Waals surface area contributed by atoms with Gasteiger partial charge in [-0.2, -0.15) is 5.10 Å². The number of nitrogens with zero attached hydrogens (tertiary/aromatic N) is 1. The molecular weight excluding hydrogens is 384 g/mol. The van der Waals surface area contributed by atoms with E-state index in [1.54, 1.807) is 6.21 Å². The van der Waals surface area contributed by atoms with Crippen LogP contribution in [0.1, 0.15) is 36.5 Å². The van der Waals surface area contributed by atoms with Crippen molar-refractivity contribution in [1.82, 2.24) is 5.43 Å². The fourth-order valence-electron chi connectivity index (χ4n) is 3.66. The van der Waals surface area contributed by atoms with Gasteiger partial charge in [0.25, 0.3) is 5.91 Å². The average Bonchev–Trinajstić information content (AvgIpc) is 2.78. The second-order valence-corrected chi connectivity index (χ2v) is 7.99. The maximum absolute atomic E-state index is 12.3. The Morgan fingerprint density at radius 3 is 2.26 bits per heavy atom. The third-order valence-electron chi connectivity index (χ3n) is 5.43. The summed E-state index contributed by atoms with van der Waals surface area (Å²) in [5, 5.41) is 8.68. The van der Waals surface area contributed by atoms with Crippen molar-refractivity contribution in [1.29, 1.82) is 0 Å². The van der Waals surface area contributed by atoms with Crippen molar-refractivity contribution >= 4 is 33.7 Å². The van der Waals surface area contributed by atoms with Gasteiger partial charge in [0.05, 0.1) is 6.21 Å². The van der Waals surface area contributed by atoms with Crippen molar-refractivity contribution in [2.75, 3.05) is 6.61 Å². The monoisotopic (exact) mass is 410 g/mol. The van der Waals surface area contributed by atoms with Crippen LogP contribution in [-0.2, 0) is 4.79 Å². The van der Waals surface area contributed by atoms with Gasteiger partial charge in [0.15, 0.2) is 6.61 Å². The molecule has 4 aromatic rings. The van der Waals surface area contributed by atoms with E-state index < -0.39 is 0 Å². The highest BCUT2D eigenvalue weighted by molar-refractivity contribution is 6.13. The van der Waals surface area contributed by atoms with E-state index >= 15 is 0 Å². The summed E-state index contributed by atoms with van der Waals surface area (Å²) in [5.41, 5.74) is 5.76. The molecule has 1 N–H and O–H groups in total. The Bertz CT molecular complexity index is 1220. The molecule has 0 aliphatic rings. The number of fused-ring (bicyclic) bond motifs is 2. The van der Waals surface area contributed by atoms with E-state index in [-0.39, 0.29) is 12.5 Å². The number of hydrazone groups is 1. The zero-order chi connectivity index (χ0) is 21.8. The van der Waals surface area contributed by atoms with Crippen LogP contribution in [0, 0.1) is 6.92 Å². The number of benzene rings is 4. The lowest BCUT2D eigenvalue weighted by Gasteiger charge is -2.12. The number of hydrogen-bond acceptors (Lipinski definition) is 3. The van der Waals surface area contributed by atoms with Crippen molar-refractivity contribution in [3.8, 4) is 5.75 Å². The van der Waals surface area contributed by atoms with E-state index in [0.29, 0.717) is 5.92 Å². The highest BCUT2D eigenvalue weighted by Crippen LogP contribution is 2.27. The van der Waals surface area contributed by atoms with Crippen molar-refractivity contribution in [3.05, 3.63) is 89.5 Å². The van der Waals surface area contributed by atoms with Crippen LogP contribution in [0.4, 0.5) is 0 Å². The Morgan fingerprint density at radius 1 is 0.968 bits per heavy atom. The summed E-state index contributed by atoms with van der Waals surface area (Å²) in [4.78, 5) is 12.3. The summed E-state index contributed by atoms with van der Waals surface area (Å²) in [6.45, 7) is 6.15. The highest BCUT2D eigenvalue weighted by atomic mass is 16.5. The Balaban J connectivity index is 1.49. The lowest BCUT2D eigenvalue weighted by atomic mass is 9.97. The van der Waals surface area contributed by atoms with Crippen molar-refractivity contribution < 1.29 is 9.53 Å². The molecule has 1 amide bonds. The Labute approximate surface area is 182 Å². The van der Waals surface area contributed by atoms with Gasteiger partial charge in [0.2, 0.25) is 0 Å². The second kappa shape index (κ2) is 9.00. The smallest absolute Gasteiger partial charge is 0.277 e. The van der Waals surface area contributed by atoms with Crippen LogP contribution in [0.5, 0.6) is 5.75 Å². The standard InChI is InChI=1S/C27H26N2O2/c1-18(2)20-13-12-19(3)26(15-20)31-17-27(30)29-28-16-25-23-10-6-4-8-21(23)14-22-9-5-7-11-24(22)25/h4-16,18H,17H2,1-3H3,(H,29,30). The molecule has 0 spiro atoms. The zero-order valence-electron chi connectivity index (χ0n) is 18.1. The lowest BCUT2D eigenvalue weighted by molar-refractivity contribution is -0.123. The second-order valence-electron chi connectivity index (χ2n) is 7.99. The van der Waals surface area contributed by atoms with E-state index in [4.69, 9.17) is 4.74 Å². The fraction of sp³-hybridized carbons (Fsp3) is 0.185. The van der Waals surface area contributed by atoms with Gasteiger partial charge in [0, 0.05) is 5.56 Å². The highest BCUT2D eigenvalue weighted by Gasteiger charge is 2.08. The van der Waals surface area contributed by atoms with E-state index in [1.165, 1.54) is 5.56 Å². The molecule has 156 valence electrons. The SMILES string of the molecule is Cc1ccc(C(C)C)cc1OCC(=O)NN=Cc1c2ccccc2cc2ccccc12. The Hall–Kier alpha value is -3.66. The molecule has 0 bridgehead atoms. The minimum Gasteiger partial charge on any atom is -0.483 e. The number of ether oxygens (including phenoxy) is 1. The first-order valence-corrected chi connectivity index (χ1v) is 10.5. The summed E-state index contributed by atoms with van der Waals surface area (Å²) in [5.74, 6) is 0.831. The maximum atomic E-state index is 12.3. The third-order valence-corrected chi connectivity index (χ3v) is 5.43. The van der Waals surface area contributed by atoms with Gasteiger partial charge < -0.3 is 4.74 Å². The van der Waals surface area contributed by atoms with Crippen LogP contribution in [0.3, 0.4) is 0 Å². The molecule has 0 saturated carbocycles. The van der Waals surface area contributed by atoms with Gasteiger partial charge in [0.1, 0.15) is 5.75 Å². The van der Waals surface area contributed by atoms with Gasteiger partial charge in [-0.1, -0.05) is 74.5 Å². The van der Waals surface area contributed by atoms with Crippen molar-refractivity contribution in [2.24, 2.45) is 5.10 Å². The van der Waals surface area contributed by atoms with Crippen molar-refractivity contribution in [2.45, 2.75) is 26.7 Å². The predicted octanol–water partition coefficient (Wildman–Crippen LogP) is 5.95. The van der Waals surface area contributed by atoms with Gasteiger partial charge in [-0.15, -0.1) is 0 Å². The topological polar surface area (TPSA) is 50.7 Å². The summed E-state index contributed by atoms with van der Waals surface area (Å²) >= 11 is 0. The molecule has 4 rings (SSSR count). The summed E-state index contributed by atoms with van der Waals surface area (Å²) in [7, 11) is 0. The molecule has 31 heavy (non-hydrogen) atoms. The molecule has 0 aromatic heterocycles. The van der Waals surface area contributed by atoms with E-state index in [0.717, 1.165) is 38.4 Å². The summed E-state index contributed by atoms with van der Waals surface area (Å²) in [6, 6.07) is 24.6. The van der Waals surface area contributed by atoms with Gasteiger partial charge in [-0.05, 0) is 57.6 Å². The number of rotatable bonds is 6. The molecule has 4 heteroatoms. The molecule has 0 atom stereocenters. The largest absolute Gasteiger partial charge is 0.483 e. The minimum absolute atomic E-state index is 0.0873. The molecule has 4 nitrogen and oxygen atoms in total. The molecule has 4 aromatic carbocycles. The molecule has 0 aliphatic carbocycles. The molecule has 0 fully saturated rings. The van der Waals surface area contributed by atoms with Crippen LogP contribution in [0.25, 0.3) is 21.5 Å². The Morgan fingerprint density at radius 2 is 1.61 bits per heavy atom. The molecule has 0 saturated heterocycles. The van der Waals surface area contributed by atoms with Gasteiger partial charge in [-0.25, -0.2) is 5.43 Å². The fourth-order valence-corrected chi connectivity index (χ4v) is 3.66. The summed E-state index contributed by atoms with van der Waals surface area (Å²) in [6.07, 6.45) is 1.72. The number of amides is 1. The van der Waals surface area contributed by atoms with Crippen molar-refractivity contribution in [3.63, 3.8) is 0 Å². The molecule has 0 unspecified atom stereocenters. The van der Waals surface area contributed by atoms with E-state index in [1.807, 2.05) is 43.3 Å². The number of nitrogens with one attached hydrogen (secondary N) is 1. The minimum atomic E-state index is -0.296. The van der Waals surface area contributed by atoms with Crippen LogP contribution >= 0.6 is 0 Å². The number of aryl methyl sites for hydroxylation is 1. The Kier molecular flexibility index (Phi) is 5.99. The molecule has 0 aliphatic heterocycles. The molecular formula is C27H26N2O2. The predicted molar refractivity (Wildman–Crippen MR) is 128 cm³/mol. The zero-order valence-corrected chi connectivity index (χ0v) is 18.1. The van der Waals surface area contributed by atoms with Crippen LogP contribution in [-0.4, -0.2) is 18.7 Å². The number of carbonyl (C=O) groups is 1. The van der Waals surface area contributed by atoms with Crippen LogP contribution in [0.15, 0.2) is 77.9 Å². The maximum Gasteiger partial charge on any atom is 0.277 e. The van der Waals surface area contributed by atoms with Crippen LogP contribution < -0.4 is 10.2 Å². The van der Waals surface area contributed by atoms with Gasteiger partial charge in [-0.3, -0.25) is 4.79 Å².